The SMILES string of the molecule is CN(CC1CCCCO1)C(=O)C1(N)CCOC1. The summed E-state index contributed by atoms with van der Waals surface area (Å²) in [7, 11) is 1.80. The molecule has 2 aliphatic heterocycles. The maximum atomic E-state index is 12.2. The van der Waals surface area contributed by atoms with Gasteiger partial charge in [-0.05, 0) is 25.7 Å². The van der Waals surface area contributed by atoms with Gasteiger partial charge in [-0.3, -0.25) is 4.79 Å². The molecule has 5 heteroatoms. The van der Waals surface area contributed by atoms with Crippen LogP contribution in [0.2, 0.25) is 0 Å². The third kappa shape index (κ3) is 2.97. The van der Waals surface area contributed by atoms with Crippen molar-refractivity contribution in [2.24, 2.45) is 5.73 Å². The molecular weight excluding hydrogens is 220 g/mol. The maximum absolute atomic E-state index is 12.2. The van der Waals surface area contributed by atoms with Crippen molar-refractivity contribution in [2.45, 2.75) is 37.3 Å². The largest absolute Gasteiger partial charge is 0.379 e. The smallest absolute Gasteiger partial charge is 0.244 e. The summed E-state index contributed by atoms with van der Waals surface area (Å²) in [6, 6.07) is 0. The van der Waals surface area contributed by atoms with Gasteiger partial charge >= 0.3 is 0 Å². The van der Waals surface area contributed by atoms with Gasteiger partial charge in [-0.1, -0.05) is 0 Å². The Bertz CT molecular complexity index is 271. The van der Waals surface area contributed by atoms with Crippen molar-refractivity contribution in [3.8, 4) is 0 Å². The van der Waals surface area contributed by atoms with Crippen molar-refractivity contribution in [1.82, 2.24) is 4.90 Å². The molecule has 0 aromatic carbocycles. The van der Waals surface area contributed by atoms with Gasteiger partial charge in [-0.15, -0.1) is 0 Å². The summed E-state index contributed by atoms with van der Waals surface area (Å²) in [6.45, 7) is 2.36. The van der Waals surface area contributed by atoms with E-state index in [1.54, 1.807) is 11.9 Å². The van der Waals surface area contributed by atoms with E-state index < -0.39 is 5.54 Å². The lowest BCUT2D eigenvalue weighted by molar-refractivity contribution is -0.138. The minimum Gasteiger partial charge on any atom is -0.379 e. The van der Waals surface area contributed by atoms with Crippen molar-refractivity contribution in [2.75, 3.05) is 33.4 Å². The molecule has 2 rings (SSSR count). The molecule has 0 aromatic rings. The number of carbonyl (C=O) groups excluding carboxylic acids is 1. The lowest BCUT2D eigenvalue weighted by Crippen LogP contribution is -2.56. The Morgan fingerprint density at radius 3 is 2.88 bits per heavy atom. The van der Waals surface area contributed by atoms with E-state index in [9.17, 15) is 4.79 Å². The summed E-state index contributed by atoms with van der Waals surface area (Å²) < 4.78 is 10.8. The third-order valence-corrected chi connectivity index (χ3v) is 3.58. The topological polar surface area (TPSA) is 64.8 Å². The highest BCUT2D eigenvalue weighted by molar-refractivity contribution is 5.86. The van der Waals surface area contributed by atoms with Crippen LogP contribution in [0.5, 0.6) is 0 Å². The number of ether oxygens (including phenoxy) is 2. The second-order valence-corrected chi connectivity index (χ2v) is 5.13. The van der Waals surface area contributed by atoms with Gasteiger partial charge in [0.2, 0.25) is 5.91 Å². The van der Waals surface area contributed by atoms with Crippen LogP contribution in [0.1, 0.15) is 25.7 Å². The quantitative estimate of drug-likeness (QED) is 0.764. The minimum absolute atomic E-state index is 0.0239. The molecule has 0 bridgehead atoms. The third-order valence-electron chi connectivity index (χ3n) is 3.58. The van der Waals surface area contributed by atoms with Crippen LogP contribution in [0.15, 0.2) is 0 Å². The Kier molecular flexibility index (Phi) is 4.01. The molecule has 1 amide bonds. The second-order valence-electron chi connectivity index (χ2n) is 5.13. The van der Waals surface area contributed by atoms with E-state index in [2.05, 4.69) is 0 Å². The van der Waals surface area contributed by atoms with E-state index >= 15 is 0 Å². The first-order valence-electron chi connectivity index (χ1n) is 6.36. The predicted molar refractivity (Wildman–Crippen MR) is 63.6 cm³/mol. The maximum Gasteiger partial charge on any atom is 0.244 e. The summed E-state index contributed by atoms with van der Waals surface area (Å²) in [5.74, 6) is -0.0239. The molecule has 2 heterocycles. The van der Waals surface area contributed by atoms with Crippen molar-refractivity contribution in [3.63, 3.8) is 0 Å². The normalized spacial score (nSPS) is 33.6. The first kappa shape index (κ1) is 12.8. The summed E-state index contributed by atoms with van der Waals surface area (Å²) in [5, 5.41) is 0. The first-order chi connectivity index (χ1) is 8.12. The molecule has 2 N–H and O–H groups in total. The van der Waals surface area contributed by atoms with Crippen molar-refractivity contribution in [1.29, 1.82) is 0 Å². The van der Waals surface area contributed by atoms with Gasteiger partial charge < -0.3 is 20.1 Å². The summed E-state index contributed by atoms with van der Waals surface area (Å²) in [6.07, 6.45) is 4.13. The van der Waals surface area contributed by atoms with Crippen LogP contribution in [-0.2, 0) is 14.3 Å². The van der Waals surface area contributed by atoms with Crippen molar-refractivity contribution < 1.29 is 14.3 Å². The molecule has 0 aliphatic carbocycles. The highest BCUT2D eigenvalue weighted by atomic mass is 16.5. The summed E-state index contributed by atoms with van der Waals surface area (Å²) >= 11 is 0. The number of hydrogen-bond donors (Lipinski definition) is 1. The van der Waals surface area contributed by atoms with Crippen LogP contribution in [0.3, 0.4) is 0 Å². The molecule has 2 unspecified atom stereocenters. The van der Waals surface area contributed by atoms with E-state index in [1.165, 1.54) is 6.42 Å². The average molecular weight is 242 g/mol. The molecule has 5 nitrogen and oxygen atoms in total. The zero-order valence-corrected chi connectivity index (χ0v) is 10.5. The molecule has 0 aromatic heterocycles. The van der Waals surface area contributed by atoms with Crippen molar-refractivity contribution in [3.05, 3.63) is 0 Å². The van der Waals surface area contributed by atoms with Gasteiger partial charge in [0.05, 0.1) is 12.7 Å². The Balaban J connectivity index is 1.85. The van der Waals surface area contributed by atoms with E-state index in [-0.39, 0.29) is 12.0 Å². The van der Waals surface area contributed by atoms with E-state index in [1.807, 2.05) is 0 Å². The molecule has 98 valence electrons. The average Bonchev–Trinajstić information content (AvgIpc) is 2.78. The van der Waals surface area contributed by atoms with E-state index in [0.717, 1.165) is 19.4 Å². The molecule has 2 saturated heterocycles. The van der Waals surface area contributed by atoms with Crippen LogP contribution < -0.4 is 5.73 Å². The summed E-state index contributed by atoms with van der Waals surface area (Å²) in [5.41, 5.74) is 5.24. The molecule has 2 fully saturated rings. The predicted octanol–water partition coefficient (Wildman–Crippen LogP) is 0.132. The molecule has 0 saturated carbocycles. The Labute approximate surface area is 102 Å². The Morgan fingerprint density at radius 1 is 1.47 bits per heavy atom. The van der Waals surface area contributed by atoms with Gasteiger partial charge in [0.25, 0.3) is 0 Å². The molecule has 0 spiro atoms. The number of nitrogens with zero attached hydrogens (tertiary/aromatic N) is 1. The zero-order chi connectivity index (χ0) is 12.3. The fourth-order valence-electron chi connectivity index (χ4n) is 2.47. The second kappa shape index (κ2) is 5.33. The molecule has 17 heavy (non-hydrogen) atoms. The molecule has 2 atom stereocenters. The fraction of sp³-hybridized carbons (Fsp3) is 0.917. The van der Waals surface area contributed by atoms with Crippen LogP contribution >= 0.6 is 0 Å². The Morgan fingerprint density at radius 2 is 2.29 bits per heavy atom. The number of nitrogens with two attached hydrogens (primary N) is 1. The number of hydrogen-bond acceptors (Lipinski definition) is 4. The number of amides is 1. The van der Waals surface area contributed by atoms with Gasteiger partial charge in [-0.2, -0.15) is 0 Å². The monoisotopic (exact) mass is 242 g/mol. The van der Waals surface area contributed by atoms with E-state index in [4.69, 9.17) is 15.2 Å². The Hall–Kier alpha value is -0.650. The number of carbonyl (C=O) groups is 1. The molecule has 2 aliphatic rings. The molecule has 0 radical (unpaired) electrons. The minimum atomic E-state index is -0.816. The lowest BCUT2D eigenvalue weighted by atomic mass is 9.98. The van der Waals surface area contributed by atoms with Gasteiger partial charge in [0.1, 0.15) is 5.54 Å². The van der Waals surface area contributed by atoms with Crippen LogP contribution in [0.4, 0.5) is 0 Å². The van der Waals surface area contributed by atoms with Gasteiger partial charge in [0.15, 0.2) is 0 Å². The number of rotatable bonds is 3. The highest BCUT2D eigenvalue weighted by Gasteiger charge is 2.40. The van der Waals surface area contributed by atoms with Crippen LogP contribution in [-0.4, -0.2) is 55.9 Å². The van der Waals surface area contributed by atoms with Crippen molar-refractivity contribution >= 4 is 5.91 Å². The van der Waals surface area contributed by atoms with Crippen LogP contribution in [0.25, 0.3) is 0 Å². The zero-order valence-electron chi connectivity index (χ0n) is 10.5. The highest BCUT2D eigenvalue weighted by Crippen LogP contribution is 2.19. The molecular formula is C12H22N2O3. The fourth-order valence-corrected chi connectivity index (χ4v) is 2.47. The van der Waals surface area contributed by atoms with Crippen LogP contribution in [0, 0.1) is 0 Å². The van der Waals surface area contributed by atoms with Gasteiger partial charge in [-0.25, -0.2) is 0 Å². The summed E-state index contributed by atoms with van der Waals surface area (Å²) in [4.78, 5) is 13.9. The standard InChI is InChI=1S/C12H22N2O3/c1-14(8-10-4-2-3-6-17-10)11(15)12(13)5-7-16-9-12/h10H,2-9,13H2,1H3. The first-order valence-corrected chi connectivity index (χ1v) is 6.36. The lowest BCUT2D eigenvalue weighted by Gasteiger charge is -2.31. The van der Waals surface area contributed by atoms with E-state index in [0.29, 0.717) is 26.2 Å². The number of likely N-dealkylation sites (N-methyl/N-ethyl adjacent to an activating group) is 1. The van der Waals surface area contributed by atoms with Gasteiger partial charge in [0, 0.05) is 26.8 Å².